The molecule has 0 aliphatic carbocycles. The van der Waals surface area contributed by atoms with Crippen molar-refractivity contribution in [3.8, 4) is 11.8 Å². The van der Waals surface area contributed by atoms with Gasteiger partial charge in [0.1, 0.15) is 0 Å². The SMILES string of the molecule is CCOc1ccc(NC(=O)C(=O)NC2CCN(CC#N)CC2)cc1F. The maximum absolute atomic E-state index is 13.8. The van der Waals surface area contributed by atoms with Crippen molar-refractivity contribution < 1.29 is 18.7 Å². The molecule has 7 nitrogen and oxygen atoms in total. The quantitative estimate of drug-likeness (QED) is 0.617. The van der Waals surface area contributed by atoms with Gasteiger partial charge in [-0.2, -0.15) is 5.26 Å². The Bertz CT molecular complexity index is 666. The van der Waals surface area contributed by atoms with Crippen LogP contribution in [0, 0.1) is 17.1 Å². The Morgan fingerprint density at radius 2 is 2.08 bits per heavy atom. The van der Waals surface area contributed by atoms with Gasteiger partial charge in [0.05, 0.1) is 19.2 Å². The monoisotopic (exact) mass is 348 g/mol. The lowest BCUT2D eigenvalue weighted by Gasteiger charge is -2.30. The minimum absolute atomic E-state index is 0.0917. The summed E-state index contributed by atoms with van der Waals surface area (Å²) in [5, 5.41) is 13.7. The molecule has 8 heteroatoms. The van der Waals surface area contributed by atoms with Gasteiger partial charge in [0, 0.05) is 30.9 Å². The van der Waals surface area contributed by atoms with E-state index < -0.39 is 17.6 Å². The summed E-state index contributed by atoms with van der Waals surface area (Å²) < 4.78 is 18.8. The standard InChI is InChI=1S/C17H21FN4O3/c1-2-25-15-4-3-13(11-14(15)18)21-17(24)16(23)20-12-5-8-22(9-6-12)10-7-19/h3-4,11-12H,2,5-6,8-10H2,1H3,(H,20,23)(H,21,24). The van der Waals surface area contributed by atoms with E-state index in [1.54, 1.807) is 6.92 Å². The molecule has 1 fully saturated rings. The van der Waals surface area contributed by atoms with Crippen molar-refractivity contribution in [3.05, 3.63) is 24.0 Å². The molecule has 1 aromatic carbocycles. The van der Waals surface area contributed by atoms with Crippen molar-refractivity contribution in [1.29, 1.82) is 5.26 Å². The van der Waals surface area contributed by atoms with Crippen LogP contribution in [-0.2, 0) is 9.59 Å². The maximum Gasteiger partial charge on any atom is 0.313 e. The first-order valence-corrected chi connectivity index (χ1v) is 8.17. The molecule has 0 bridgehead atoms. The molecule has 2 N–H and O–H groups in total. The Labute approximate surface area is 145 Å². The van der Waals surface area contributed by atoms with E-state index in [0.717, 1.165) is 6.07 Å². The van der Waals surface area contributed by atoms with Gasteiger partial charge in [0.25, 0.3) is 0 Å². The molecule has 0 aromatic heterocycles. The Morgan fingerprint density at radius 3 is 2.68 bits per heavy atom. The molecular weight excluding hydrogens is 327 g/mol. The molecule has 0 saturated carbocycles. The van der Waals surface area contributed by atoms with Gasteiger partial charge in [-0.15, -0.1) is 0 Å². The van der Waals surface area contributed by atoms with Crippen LogP contribution in [0.3, 0.4) is 0 Å². The molecule has 1 aromatic rings. The number of hydrogen-bond donors (Lipinski definition) is 2. The van der Waals surface area contributed by atoms with Gasteiger partial charge in [0.15, 0.2) is 11.6 Å². The van der Waals surface area contributed by atoms with Gasteiger partial charge in [-0.05, 0) is 31.9 Å². The number of halogens is 1. The van der Waals surface area contributed by atoms with Gasteiger partial charge in [-0.1, -0.05) is 0 Å². The first-order valence-electron chi connectivity index (χ1n) is 8.17. The van der Waals surface area contributed by atoms with Crippen LogP contribution in [0.5, 0.6) is 5.75 Å². The van der Waals surface area contributed by atoms with Crippen LogP contribution in [-0.4, -0.2) is 49.0 Å². The summed E-state index contributed by atoms with van der Waals surface area (Å²) in [6.45, 7) is 3.83. The van der Waals surface area contributed by atoms with E-state index in [1.807, 2.05) is 4.90 Å². The second-order valence-corrected chi connectivity index (χ2v) is 5.71. The fraction of sp³-hybridized carbons (Fsp3) is 0.471. The Hall–Kier alpha value is -2.66. The maximum atomic E-state index is 13.8. The summed E-state index contributed by atoms with van der Waals surface area (Å²) in [5.41, 5.74) is 0.185. The molecule has 1 aliphatic rings. The lowest BCUT2D eigenvalue weighted by Crippen LogP contribution is -2.47. The van der Waals surface area contributed by atoms with E-state index in [9.17, 15) is 14.0 Å². The number of nitriles is 1. The molecule has 2 rings (SSSR count). The van der Waals surface area contributed by atoms with Gasteiger partial charge >= 0.3 is 11.8 Å². The molecule has 0 radical (unpaired) electrons. The Kier molecular flexibility index (Phi) is 6.71. The molecule has 0 spiro atoms. The molecule has 1 heterocycles. The normalized spacial score (nSPS) is 15.2. The van der Waals surface area contributed by atoms with Crippen molar-refractivity contribution in [1.82, 2.24) is 10.2 Å². The van der Waals surface area contributed by atoms with E-state index in [-0.39, 0.29) is 17.5 Å². The summed E-state index contributed by atoms with van der Waals surface area (Å²) in [4.78, 5) is 25.9. The highest BCUT2D eigenvalue weighted by Crippen LogP contribution is 2.21. The van der Waals surface area contributed by atoms with E-state index >= 15 is 0 Å². The highest BCUT2D eigenvalue weighted by atomic mass is 19.1. The van der Waals surface area contributed by atoms with Gasteiger partial charge in [-0.3, -0.25) is 14.5 Å². The van der Waals surface area contributed by atoms with E-state index in [2.05, 4.69) is 16.7 Å². The number of anilines is 1. The van der Waals surface area contributed by atoms with Crippen molar-refractivity contribution in [2.45, 2.75) is 25.8 Å². The van der Waals surface area contributed by atoms with Crippen LogP contribution in [0.25, 0.3) is 0 Å². The summed E-state index contributed by atoms with van der Waals surface area (Å²) >= 11 is 0. The Morgan fingerprint density at radius 1 is 1.36 bits per heavy atom. The molecule has 25 heavy (non-hydrogen) atoms. The van der Waals surface area contributed by atoms with Crippen LogP contribution in [0.1, 0.15) is 19.8 Å². The number of ether oxygens (including phenoxy) is 1. The van der Waals surface area contributed by atoms with Crippen LogP contribution in [0.15, 0.2) is 18.2 Å². The van der Waals surface area contributed by atoms with Gasteiger partial charge in [0.2, 0.25) is 0 Å². The fourth-order valence-corrected chi connectivity index (χ4v) is 2.63. The van der Waals surface area contributed by atoms with Gasteiger partial charge < -0.3 is 15.4 Å². The highest BCUT2D eigenvalue weighted by molar-refractivity contribution is 6.39. The molecule has 0 atom stereocenters. The number of nitrogens with one attached hydrogen (secondary N) is 2. The second kappa shape index (κ2) is 8.99. The zero-order valence-electron chi connectivity index (χ0n) is 14.0. The topological polar surface area (TPSA) is 94.5 Å². The third kappa shape index (κ3) is 5.43. The smallest absolute Gasteiger partial charge is 0.313 e. The minimum atomic E-state index is -0.844. The number of nitrogens with zero attached hydrogens (tertiary/aromatic N) is 2. The zero-order valence-corrected chi connectivity index (χ0v) is 14.0. The van der Waals surface area contributed by atoms with Crippen LogP contribution >= 0.6 is 0 Å². The van der Waals surface area contributed by atoms with Crippen LogP contribution in [0.2, 0.25) is 0 Å². The second-order valence-electron chi connectivity index (χ2n) is 5.71. The van der Waals surface area contributed by atoms with Crippen molar-refractivity contribution in [2.24, 2.45) is 0 Å². The molecule has 1 aliphatic heterocycles. The number of piperidine rings is 1. The van der Waals surface area contributed by atoms with Gasteiger partial charge in [-0.25, -0.2) is 4.39 Å². The summed E-state index contributed by atoms with van der Waals surface area (Å²) in [7, 11) is 0. The number of carbonyl (C=O) groups excluding carboxylic acids is 2. The summed E-state index contributed by atoms with van der Waals surface area (Å²) in [5.74, 6) is -2.12. The minimum Gasteiger partial charge on any atom is -0.491 e. The van der Waals surface area contributed by atoms with Crippen molar-refractivity contribution in [3.63, 3.8) is 0 Å². The number of hydrogen-bond acceptors (Lipinski definition) is 5. The molecular formula is C17H21FN4O3. The summed E-state index contributed by atoms with van der Waals surface area (Å²) in [6.07, 6.45) is 1.36. The number of amides is 2. The largest absolute Gasteiger partial charge is 0.491 e. The van der Waals surface area contributed by atoms with Crippen molar-refractivity contribution >= 4 is 17.5 Å². The molecule has 1 saturated heterocycles. The lowest BCUT2D eigenvalue weighted by molar-refractivity contribution is -0.136. The van der Waals surface area contributed by atoms with E-state index in [4.69, 9.17) is 10.00 Å². The number of benzene rings is 1. The molecule has 0 unspecified atom stereocenters. The lowest BCUT2D eigenvalue weighted by atomic mass is 10.1. The number of likely N-dealkylation sites (tertiary alicyclic amines) is 1. The van der Waals surface area contributed by atoms with E-state index in [1.165, 1.54) is 12.1 Å². The number of carbonyl (C=O) groups is 2. The molecule has 2 amide bonds. The van der Waals surface area contributed by atoms with Crippen LogP contribution < -0.4 is 15.4 Å². The average molecular weight is 348 g/mol. The average Bonchev–Trinajstić information content (AvgIpc) is 2.59. The first-order chi connectivity index (χ1) is 12.0. The third-order valence-corrected chi connectivity index (χ3v) is 3.91. The fourth-order valence-electron chi connectivity index (χ4n) is 2.63. The first kappa shape index (κ1) is 18.7. The van der Waals surface area contributed by atoms with E-state index in [0.29, 0.717) is 39.1 Å². The highest BCUT2D eigenvalue weighted by Gasteiger charge is 2.23. The van der Waals surface area contributed by atoms with Crippen molar-refractivity contribution in [2.75, 3.05) is 31.6 Å². The zero-order chi connectivity index (χ0) is 18.2. The Balaban J connectivity index is 1.84. The predicted molar refractivity (Wildman–Crippen MR) is 89.4 cm³/mol. The van der Waals surface area contributed by atoms with Crippen LogP contribution in [0.4, 0.5) is 10.1 Å². The summed E-state index contributed by atoms with van der Waals surface area (Å²) in [6, 6.07) is 5.96. The molecule has 134 valence electrons. The number of rotatable bonds is 5. The predicted octanol–water partition coefficient (Wildman–Crippen LogP) is 1.27. The third-order valence-electron chi connectivity index (χ3n) is 3.91.